The summed E-state index contributed by atoms with van der Waals surface area (Å²) in [5, 5.41) is 1.08. The molecule has 0 heterocycles. The van der Waals surface area contributed by atoms with Crippen LogP contribution in [0, 0.1) is 0 Å². The Morgan fingerprint density at radius 1 is 0.515 bits per heavy atom. The van der Waals surface area contributed by atoms with Crippen molar-refractivity contribution in [1.29, 1.82) is 0 Å². The normalized spacial score (nSPS) is 11.9. The predicted molar refractivity (Wildman–Crippen MR) is 152 cm³/mol. The van der Waals surface area contributed by atoms with Gasteiger partial charge in [-0.1, -0.05) is 138 Å². The maximum absolute atomic E-state index is 6.16. The molecule has 0 spiro atoms. The number of unbranched alkanes of at least 4 members (excludes halogenated alkanes) is 17. The first-order valence-corrected chi connectivity index (χ1v) is 15.9. The molecular formula is C30H59BrO2. The quantitative estimate of drug-likeness (QED) is 0.0433. The maximum Gasteiger partial charge on any atom is 0.157 e. The molecule has 2 nitrogen and oxygen atoms in total. The fourth-order valence-corrected chi connectivity index (χ4v) is 4.43. The third-order valence-electron chi connectivity index (χ3n) is 6.36. The van der Waals surface area contributed by atoms with E-state index in [9.17, 15) is 0 Å². The number of ether oxygens (including phenoxy) is 2. The van der Waals surface area contributed by atoms with Crippen molar-refractivity contribution in [3.8, 4) is 0 Å². The van der Waals surface area contributed by atoms with Gasteiger partial charge in [0.2, 0.25) is 0 Å². The molecule has 0 saturated carbocycles. The van der Waals surface area contributed by atoms with Gasteiger partial charge in [-0.15, -0.1) is 0 Å². The number of allylic oxidation sites excluding steroid dienone is 2. The topological polar surface area (TPSA) is 18.5 Å². The van der Waals surface area contributed by atoms with Crippen LogP contribution in [0.4, 0.5) is 0 Å². The average Bonchev–Trinajstić information content (AvgIpc) is 2.83. The predicted octanol–water partition coefficient (Wildman–Crippen LogP) is 10.9. The smallest absolute Gasteiger partial charge is 0.157 e. The Balaban J connectivity index is 3.80. The number of hydrogen-bond donors (Lipinski definition) is 0. The van der Waals surface area contributed by atoms with E-state index in [4.69, 9.17) is 9.47 Å². The average molecular weight is 532 g/mol. The van der Waals surface area contributed by atoms with Gasteiger partial charge >= 0.3 is 0 Å². The minimum Gasteiger partial charge on any atom is -0.353 e. The van der Waals surface area contributed by atoms with Crippen molar-refractivity contribution in [1.82, 2.24) is 0 Å². The van der Waals surface area contributed by atoms with Gasteiger partial charge in [-0.25, -0.2) is 0 Å². The summed E-state index contributed by atoms with van der Waals surface area (Å²) in [4.78, 5) is 0. The number of rotatable bonds is 28. The van der Waals surface area contributed by atoms with Crippen LogP contribution >= 0.6 is 15.9 Å². The Kier molecular flexibility index (Phi) is 30.3. The molecule has 198 valence electrons. The lowest BCUT2D eigenvalue weighted by molar-refractivity contribution is -0.148. The van der Waals surface area contributed by atoms with E-state index in [1.54, 1.807) is 0 Å². The summed E-state index contributed by atoms with van der Waals surface area (Å²) in [7, 11) is 0. The van der Waals surface area contributed by atoms with E-state index in [0.29, 0.717) is 0 Å². The van der Waals surface area contributed by atoms with Crippen LogP contribution in [0.25, 0.3) is 0 Å². The molecule has 0 amide bonds. The van der Waals surface area contributed by atoms with E-state index < -0.39 is 0 Å². The summed E-state index contributed by atoms with van der Waals surface area (Å²) < 4.78 is 12.3. The van der Waals surface area contributed by atoms with Crippen LogP contribution < -0.4 is 0 Å². The highest BCUT2D eigenvalue weighted by molar-refractivity contribution is 9.09. The maximum atomic E-state index is 6.16. The van der Waals surface area contributed by atoms with Crippen molar-refractivity contribution in [2.24, 2.45) is 0 Å². The van der Waals surface area contributed by atoms with Crippen LogP contribution in [0.3, 0.4) is 0 Å². The highest BCUT2D eigenvalue weighted by Crippen LogP contribution is 2.15. The second kappa shape index (κ2) is 30.2. The fourth-order valence-electron chi connectivity index (χ4n) is 4.16. The zero-order chi connectivity index (χ0) is 24.1. The summed E-state index contributed by atoms with van der Waals surface area (Å²) in [6.45, 7) is 6.30. The molecule has 0 saturated heterocycles. The molecule has 0 fully saturated rings. The monoisotopic (exact) mass is 530 g/mol. The first-order valence-electron chi connectivity index (χ1n) is 14.8. The molecule has 0 aromatic rings. The van der Waals surface area contributed by atoms with E-state index in [1.807, 2.05) is 0 Å². The summed E-state index contributed by atoms with van der Waals surface area (Å²) in [5.74, 6) is 0. The highest BCUT2D eigenvalue weighted by Gasteiger charge is 2.09. The van der Waals surface area contributed by atoms with Crippen molar-refractivity contribution >= 4 is 15.9 Å². The zero-order valence-electron chi connectivity index (χ0n) is 22.6. The summed E-state index contributed by atoms with van der Waals surface area (Å²) in [6.07, 6.45) is 33.4. The molecule has 0 N–H and O–H groups in total. The number of alkyl halides is 1. The molecule has 0 unspecified atom stereocenters. The van der Waals surface area contributed by atoms with Crippen molar-refractivity contribution in [3.63, 3.8) is 0 Å². The summed E-state index contributed by atoms with van der Waals surface area (Å²) in [5.41, 5.74) is 0. The highest BCUT2D eigenvalue weighted by atomic mass is 79.9. The third-order valence-corrected chi connectivity index (χ3v) is 6.81. The van der Waals surface area contributed by atoms with Crippen LogP contribution in [-0.2, 0) is 9.47 Å². The van der Waals surface area contributed by atoms with Gasteiger partial charge in [0.25, 0.3) is 0 Å². The summed E-state index contributed by atoms with van der Waals surface area (Å²) >= 11 is 3.47. The molecule has 0 aliphatic carbocycles. The van der Waals surface area contributed by atoms with E-state index in [-0.39, 0.29) is 6.29 Å². The molecule has 0 atom stereocenters. The fraction of sp³-hybridized carbons (Fsp3) is 0.933. The van der Waals surface area contributed by atoms with Crippen molar-refractivity contribution in [3.05, 3.63) is 12.2 Å². The van der Waals surface area contributed by atoms with Gasteiger partial charge in [0.15, 0.2) is 6.29 Å². The second-order valence-corrected chi connectivity index (χ2v) is 10.5. The van der Waals surface area contributed by atoms with Gasteiger partial charge < -0.3 is 9.47 Å². The largest absolute Gasteiger partial charge is 0.353 e. The van der Waals surface area contributed by atoms with Crippen molar-refractivity contribution < 1.29 is 9.47 Å². The van der Waals surface area contributed by atoms with E-state index in [1.165, 1.54) is 128 Å². The minimum absolute atomic E-state index is 0.0302. The second-order valence-electron chi connectivity index (χ2n) is 9.71. The van der Waals surface area contributed by atoms with Crippen molar-refractivity contribution in [2.75, 3.05) is 18.5 Å². The molecule has 0 bridgehead atoms. The first kappa shape index (κ1) is 33.1. The lowest BCUT2D eigenvalue weighted by atomic mass is 10.1. The van der Waals surface area contributed by atoms with Gasteiger partial charge in [0.1, 0.15) is 0 Å². The minimum atomic E-state index is 0.0302. The molecule has 0 aliphatic heterocycles. The first-order chi connectivity index (χ1) is 16.3. The van der Waals surface area contributed by atoms with Gasteiger partial charge in [0, 0.05) is 18.5 Å². The standard InChI is InChI=1S/C30H59BrO2/c1-3-5-7-9-20-24-28-32-30(33-29-25-21-10-8-6-4-2)26-22-18-16-14-12-11-13-15-17-19-23-27-31/h17,19,30H,3-16,18,20-29H2,1-2H3/b19-17-. The zero-order valence-corrected chi connectivity index (χ0v) is 24.2. The number of hydrogen-bond acceptors (Lipinski definition) is 2. The lowest BCUT2D eigenvalue weighted by Gasteiger charge is -2.19. The Morgan fingerprint density at radius 2 is 0.939 bits per heavy atom. The third kappa shape index (κ3) is 28.3. The summed E-state index contributed by atoms with van der Waals surface area (Å²) in [6, 6.07) is 0. The van der Waals surface area contributed by atoms with Crippen LogP contribution in [0.1, 0.15) is 155 Å². The molecule has 33 heavy (non-hydrogen) atoms. The molecule has 0 rings (SSSR count). The Morgan fingerprint density at radius 3 is 1.45 bits per heavy atom. The number of halogens is 1. The van der Waals surface area contributed by atoms with Gasteiger partial charge in [-0.3, -0.25) is 0 Å². The van der Waals surface area contributed by atoms with E-state index in [0.717, 1.165) is 31.4 Å². The van der Waals surface area contributed by atoms with E-state index >= 15 is 0 Å². The SMILES string of the molecule is CCCCCCCCOC(CCCCCCCCC/C=C\CCBr)OCCCCCCCC. The van der Waals surface area contributed by atoms with Crippen LogP contribution in [0.15, 0.2) is 12.2 Å². The van der Waals surface area contributed by atoms with Gasteiger partial charge in [-0.05, 0) is 44.9 Å². The molecule has 3 heteroatoms. The van der Waals surface area contributed by atoms with Crippen LogP contribution in [0.2, 0.25) is 0 Å². The molecular weight excluding hydrogens is 472 g/mol. The van der Waals surface area contributed by atoms with Gasteiger partial charge in [0.05, 0.1) is 0 Å². The Hall–Kier alpha value is 0.140. The Bertz CT molecular complexity index is 354. The van der Waals surface area contributed by atoms with E-state index in [2.05, 4.69) is 41.9 Å². The molecule has 0 aromatic carbocycles. The molecule has 0 aromatic heterocycles. The van der Waals surface area contributed by atoms with Crippen molar-refractivity contribution in [2.45, 2.75) is 161 Å². The van der Waals surface area contributed by atoms with Crippen LogP contribution in [0.5, 0.6) is 0 Å². The molecule has 0 radical (unpaired) electrons. The Labute approximate surface area is 217 Å². The van der Waals surface area contributed by atoms with Crippen LogP contribution in [-0.4, -0.2) is 24.8 Å². The van der Waals surface area contributed by atoms with Gasteiger partial charge in [-0.2, -0.15) is 0 Å². The molecule has 0 aliphatic rings. The lowest BCUT2D eigenvalue weighted by Crippen LogP contribution is -2.19.